The zero-order valence-electron chi connectivity index (χ0n) is 14.7. The molecule has 0 aromatic heterocycles. The molecule has 1 fully saturated rings. The Kier molecular flexibility index (Phi) is 5.76. The lowest BCUT2D eigenvalue weighted by Gasteiger charge is -2.19. The SMILES string of the molecule is COc1cc(C=C2N=C(C3CCCCC3)OC2=O)cc(Br)c1OC(C)=O. The number of aliphatic imine (C=N–C) groups is 1. The number of methoxy groups -OCH3 is 1. The van der Waals surface area contributed by atoms with Crippen molar-refractivity contribution in [3.63, 3.8) is 0 Å². The first-order chi connectivity index (χ1) is 12.5. The molecule has 3 rings (SSSR count). The first-order valence-electron chi connectivity index (χ1n) is 8.56. The first kappa shape index (κ1) is 18.6. The van der Waals surface area contributed by atoms with Gasteiger partial charge in [-0.25, -0.2) is 9.79 Å². The average molecular weight is 422 g/mol. The van der Waals surface area contributed by atoms with Crippen LogP contribution in [0.4, 0.5) is 0 Å². The predicted octanol–water partition coefficient (Wildman–Crippen LogP) is 4.26. The molecule has 0 spiro atoms. The van der Waals surface area contributed by atoms with Crippen LogP contribution in [-0.2, 0) is 14.3 Å². The molecule has 0 atom stereocenters. The van der Waals surface area contributed by atoms with Crippen LogP contribution in [0.5, 0.6) is 11.5 Å². The average Bonchev–Trinajstić information content (AvgIpc) is 2.98. The van der Waals surface area contributed by atoms with Crippen molar-refractivity contribution >= 4 is 39.8 Å². The largest absolute Gasteiger partial charge is 0.493 e. The molecule has 1 aliphatic heterocycles. The second-order valence-corrected chi connectivity index (χ2v) is 7.19. The number of esters is 2. The molecule has 7 heteroatoms. The van der Waals surface area contributed by atoms with E-state index >= 15 is 0 Å². The summed E-state index contributed by atoms with van der Waals surface area (Å²) in [5.41, 5.74) is 0.949. The van der Waals surface area contributed by atoms with Crippen LogP contribution in [0.2, 0.25) is 0 Å². The molecule has 6 nitrogen and oxygen atoms in total. The third kappa shape index (κ3) is 4.15. The lowest BCUT2D eigenvalue weighted by molar-refractivity contribution is -0.132. The monoisotopic (exact) mass is 421 g/mol. The van der Waals surface area contributed by atoms with Gasteiger partial charge in [0.1, 0.15) is 0 Å². The van der Waals surface area contributed by atoms with E-state index in [-0.39, 0.29) is 11.6 Å². The van der Waals surface area contributed by atoms with Gasteiger partial charge in [0, 0.05) is 12.8 Å². The number of halogens is 1. The topological polar surface area (TPSA) is 74.2 Å². The summed E-state index contributed by atoms with van der Waals surface area (Å²) in [5, 5.41) is 0. The number of carbonyl (C=O) groups is 2. The van der Waals surface area contributed by atoms with Gasteiger partial charge in [0.15, 0.2) is 17.2 Å². The molecule has 26 heavy (non-hydrogen) atoms. The molecule has 0 amide bonds. The van der Waals surface area contributed by atoms with Gasteiger partial charge in [-0.2, -0.15) is 0 Å². The minimum atomic E-state index is -0.448. The van der Waals surface area contributed by atoms with Gasteiger partial charge < -0.3 is 14.2 Å². The van der Waals surface area contributed by atoms with Crippen molar-refractivity contribution in [1.82, 2.24) is 0 Å². The lowest BCUT2D eigenvalue weighted by atomic mass is 9.89. The number of hydrogen-bond acceptors (Lipinski definition) is 6. The van der Waals surface area contributed by atoms with Crippen LogP contribution in [0.25, 0.3) is 6.08 Å². The minimum Gasteiger partial charge on any atom is -0.493 e. The Morgan fingerprint density at radius 2 is 2.04 bits per heavy atom. The van der Waals surface area contributed by atoms with Gasteiger partial charge in [0.2, 0.25) is 5.90 Å². The molecule has 1 aliphatic carbocycles. The molecule has 1 aromatic carbocycles. The smallest absolute Gasteiger partial charge is 0.363 e. The highest BCUT2D eigenvalue weighted by molar-refractivity contribution is 9.10. The highest BCUT2D eigenvalue weighted by Crippen LogP contribution is 2.38. The molecule has 0 N–H and O–H groups in total. The minimum absolute atomic E-state index is 0.228. The summed E-state index contributed by atoms with van der Waals surface area (Å²) in [5.74, 6) is 0.544. The Morgan fingerprint density at radius 1 is 1.31 bits per heavy atom. The summed E-state index contributed by atoms with van der Waals surface area (Å²) in [7, 11) is 1.48. The summed E-state index contributed by atoms with van der Waals surface area (Å²) in [4.78, 5) is 27.8. The van der Waals surface area contributed by atoms with Crippen LogP contribution in [-0.4, -0.2) is 24.9 Å². The molecule has 0 saturated heterocycles. The third-order valence-corrected chi connectivity index (χ3v) is 4.98. The highest BCUT2D eigenvalue weighted by atomic mass is 79.9. The van der Waals surface area contributed by atoms with Crippen molar-refractivity contribution in [2.45, 2.75) is 39.0 Å². The summed E-state index contributed by atoms with van der Waals surface area (Å²) in [6, 6.07) is 3.41. The van der Waals surface area contributed by atoms with E-state index in [0.717, 1.165) is 25.7 Å². The Hall–Kier alpha value is -2.15. The van der Waals surface area contributed by atoms with E-state index in [9.17, 15) is 9.59 Å². The molecular weight excluding hydrogens is 402 g/mol. The summed E-state index contributed by atoms with van der Waals surface area (Å²) in [6.45, 7) is 1.32. The quantitative estimate of drug-likeness (QED) is 0.412. The van der Waals surface area contributed by atoms with E-state index in [4.69, 9.17) is 14.2 Å². The molecule has 0 radical (unpaired) electrons. The fourth-order valence-corrected chi connectivity index (χ4v) is 3.71. The zero-order chi connectivity index (χ0) is 18.7. The molecule has 0 bridgehead atoms. The van der Waals surface area contributed by atoms with Crippen LogP contribution in [0.1, 0.15) is 44.6 Å². The molecular formula is C19H20BrNO5. The first-order valence-corrected chi connectivity index (χ1v) is 9.35. The van der Waals surface area contributed by atoms with E-state index in [1.54, 1.807) is 18.2 Å². The summed E-state index contributed by atoms with van der Waals surface area (Å²) >= 11 is 3.37. The van der Waals surface area contributed by atoms with Crippen molar-refractivity contribution in [3.05, 3.63) is 27.9 Å². The number of nitrogens with zero attached hydrogens (tertiary/aromatic N) is 1. The number of rotatable bonds is 4. The second-order valence-electron chi connectivity index (χ2n) is 6.33. The fourth-order valence-electron chi connectivity index (χ4n) is 3.17. The number of carbonyl (C=O) groups excluding carboxylic acids is 2. The van der Waals surface area contributed by atoms with E-state index in [0.29, 0.717) is 27.4 Å². The van der Waals surface area contributed by atoms with E-state index in [1.165, 1.54) is 20.5 Å². The summed E-state index contributed by atoms with van der Waals surface area (Å²) < 4.78 is 16.4. The molecule has 2 aliphatic rings. The molecule has 1 saturated carbocycles. The number of benzene rings is 1. The Labute approximate surface area is 160 Å². The standard InChI is InChI=1S/C19H20BrNO5/c1-11(22)25-17-14(20)8-12(10-16(17)24-2)9-15-19(23)26-18(21-15)13-6-4-3-5-7-13/h8-10,13H,3-7H2,1-2H3. The van der Waals surface area contributed by atoms with Gasteiger partial charge in [-0.3, -0.25) is 4.79 Å². The van der Waals surface area contributed by atoms with Gasteiger partial charge in [-0.05, 0) is 52.5 Å². The maximum Gasteiger partial charge on any atom is 0.363 e. The van der Waals surface area contributed by atoms with E-state index in [2.05, 4.69) is 20.9 Å². The third-order valence-electron chi connectivity index (χ3n) is 4.39. The Balaban J connectivity index is 1.89. The van der Waals surface area contributed by atoms with Crippen LogP contribution in [0, 0.1) is 5.92 Å². The highest BCUT2D eigenvalue weighted by Gasteiger charge is 2.30. The lowest BCUT2D eigenvalue weighted by Crippen LogP contribution is -2.19. The molecule has 1 heterocycles. The second kappa shape index (κ2) is 8.03. The van der Waals surface area contributed by atoms with Crippen LogP contribution in [0.3, 0.4) is 0 Å². The fraction of sp³-hybridized carbons (Fsp3) is 0.421. The normalized spacial score (nSPS) is 19.3. The predicted molar refractivity (Wildman–Crippen MR) is 100 cm³/mol. The number of cyclic esters (lactones) is 1. The van der Waals surface area contributed by atoms with Crippen molar-refractivity contribution in [3.8, 4) is 11.5 Å². The van der Waals surface area contributed by atoms with Gasteiger partial charge in [-0.1, -0.05) is 19.3 Å². The van der Waals surface area contributed by atoms with Crippen molar-refractivity contribution in [1.29, 1.82) is 0 Å². The number of hydrogen-bond donors (Lipinski definition) is 0. The van der Waals surface area contributed by atoms with Gasteiger partial charge in [-0.15, -0.1) is 0 Å². The molecule has 1 aromatic rings. The Morgan fingerprint density at radius 3 is 2.69 bits per heavy atom. The van der Waals surface area contributed by atoms with Gasteiger partial charge in [0.05, 0.1) is 11.6 Å². The van der Waals surface area contributed by atoms with Crippen molar-refractivity contribution in [2.24, 2.45) is 10.9 Å². The van der Waals surface area contributed by atoms with E-state index < -0.39 is 11.9 Å². The van der Waals surface area contributed by atoms with Gasteiger partial charge >= 0.3 is 11.9 Å². The van der Waals surface area contributed by atoms with Crippen LogP contribution >= 0.6 is 15.9 Å². The number of ether oxygens (including phenoxy) is 3. The van der Waals surface area contributed by atoms with Gasteiger partial charge in [0.25, 0.3) is 0 Å². The maximum absolute atomic E-state index is 12.2. The summed E-state index contributed by atoms with van der Waals surface area (Å²) in [6.07, 6.45) is 7.17. The molecule has 138 valence electrons. The van der Waals surface area contributed by atoms with Crippen LogP contribution in [0.15, 0.2) is 27.3 Å². The van der Waals surface area contributed by atoms with Crippen LogP contribution < -0.4 is 9.47 Å². The zero-order valence-corrected chi connectivity index (χ0v) is 16.3. The van der Waals surface area contributed by atoms with Crippen molar-refractivity contribution in [2.75, 3.05) is 7.11 Å². The molecule has 0 unspecified atom stereocenters. The maximum atomic E-state index is 12.2. The van der Waals surface area contributed by atoms with Crippen molar-refractivity contribution < 1.29 is 23.8 Å². The Bertz CT molecular complexity index is 793. The van der Waals surface area contributed by atoms with E-state index in [1.807, 2.05) is 0 Å².